The van der Waals surface area contributed by atoms with E-state index < -0.39 is 0 Å². The number of thiol groups is 1. The third-order valence-electron chi connectivity index (χ3n) is 4.11. The van der Waals surface area contributed by atoms with E-state index in [-0.39, 0.29) is 0 Å². The summed E-state index contributed by atoms with van der Waals surface area (Å²) in [7, 11) is 0. The molecular formula is C17H12N2S. The van der Waals surface area contributed by atoms with E-state index in [0.29, 0.717) is 10.7 Å². The third kappa shape index (κ3) is 1.26. The number of nitrogens with one attached hydrogen (secondary N) is 2. The Kier molecular flexibility index (Phi) is 2.16. The molecule has 0 bridgehead atoms. The summed E-state index contributed by atoms with van der Waals surface area (Å²) in [6.07, 6.45) is 0. The largest absolute Gasteiger partial charge is 0.298 e. The lowest BCUT2D eigenvalue weighted by Crippen LogP contribution is -2.24. The van der Waals surface area contributed by atoms with Crippen molar-refractivity contribution in [2.75, 3.05) is 0 Å². The molecule has 4 aromatic carbocycles. The van der Waals surface area contributed by atoms with Crippen LogP contribution in [0.4, 0.5) is 0 Å². The maximum absolute atomic E-state index is 8.26. The van der Waals surface area contributed by atoms with Gasteiger partial charge in [0.15, 0.2) is 0 Å². The van der Waals surface area contributed by atoms with Crippen LogP contribution in [0.3, 0.4) is 0 Å². The first-order valence-electron chi connectivity index (χ1n) is 6.46. The predicted octanol–water partition coefficient (Wildman–Crippen LogP) is 3.58. The molecule has 0 unspecified atom stereocenters. The fraction of sp³-hybridized carbons (Fsp3) is 0.0588. The molecule has 0 atom stereocenters. The van der Waals surface area contributed by atoms with E-state index in [1.54, 1.807) is 0 Å². The molecule has 2 N–H and O–H groups in total. The van der Waals surface area contributed by atoms with Crippen molar-refractivity contribution in [2.24, 2.45) is 0 Å². The fourth-order valence-electron chi connectivity index (χ4n) is 3.15. The first kappa shape index (κ1) is 11.7. The van der Waals surface area contributed by atoms with Crippen molar-refractivity contribution >= 4 is 44.9 Å². The SMILES string of the molecule is Cc1cc2c(S)ccc3c(=N)c(=N)c4cccc1c4c23. The van der Waals surface area contributed by atoms with Crippen LogP contribution < -0.4 is 10.7 Å². The second kappa shape index (κ2) is 3.70. The van der Waals surface area contributed by atoms with Crippen LogP contribution in [0.5, 0.6) is 0 Å². The summed E-state index contributed by atoms with van der Waals surface area (Å²) in [5.74, 6) is 0. The molecule has 0 saturated carbocycles. The van der Waals surface area contributed by atoms with E-state index in [1.807, 2.05) is 24.3 Å². The number of hydrogen-bond acceptors (Lipinski definition) is 3. The Morgan fingerprint density at radius 3 is 2.15 bits per heavy atom. The van der Waals surface area contributed by atoms with Crippen LogP contribution in [0.2, 0.25) is 0 Å². The minimum Gasteiger partial charge on any atom is -0.298 e. The molecule has 0 aliphatic rings. The molecule has 4 aromatic rings. The topological polar surface area (TPSA) is 47.7 Å². The number of aryl methyl sites for hydroxylation is 1. The van der Waals surface area contributed by atoms with Gasteiger partial charge in [-0.05, 0) is 40.8 Å². The van der Waals surface area contributed by atoms with Crippen molar-refractivity contribution in [1.29, 1.82) is 10.8 Å². The molecule has 3 heteroatoms. The summed E-state index contributed by atoms with van der Waals surface area (Å²) in [5, 5.41) is 23.2. The highest BCUT2D eigenvalue weighted by Gasteiger charge is 2.14. The molecule has 0 saturated heterocycles. The van der Waals surface area contributed by atoms with E-state index in [4.69, 9.17) is 10.8 Å². The van der Waals surface area contributed by atoms with Gasteiger partial charge in [-0.25, -0.2) is 0 Å². The van der Waals surface area contributed by atoms with Gasteiger partial charge >= 0.3 is 0 Å². The number of rotatable bonds is 0. The molecule has 20 heavy (non-hydrogen) atoms. The molecule has 2 nitrogen and oxygen atoms in total. The Bertz CT molecular complexity index is 1070. The molecule has 0 aromatic heterocycles. The molecule has 0 spiro atoms. The van der Waals surface area contributed by atoms with Gasteiger partial charge in [0, 0.05) is 21.1 Å². The standard InChI is InChI=1S/C17H12N2S/c1-8-7-12-13(20)6-5-11-15(12)14-9(8)3-2-4-10(14)16(18)17(11)19/h2-7,18-20H,1H3. The third-order valence-corrected chi connectivity index (χ3v) is 4.50. The van der Waals surface area contributed by atoms with Crippen LogP contribution in [0, 0.1) is 17.7 Å². The Morgan fingerprint density at radius 2 is 1.40 bits per heavy atom. The van der Waals surface area contributed by atoms with Gasteiger partial charge in [-0.2, -0.15) is 0 Å². The van der Waals surface area contributed by atoms with Crippen molar-refractivity contribution in [3.05, 3.63) is 52.7 Å². The molecule has 96 valence electrons. The zero-order chi connectivity index (χ0) is 14.0. The first-order valence-corrected chi connectivity index (χ1v) is 6.90. The zero-order valence-electron chi connectivity index (χ0n) is 10.9. The molecule has 0 aliphatic carbocycles. The second-order valence-electron chi connectivity index (χ2n) is 5.23. The lowest BCUT2D eigenvalue weighted by Gasteiger charge is -2.14. The average molecular weight is 276 g/mol. The van der Waals surface area contributed by atoms with Crippen LogP contribution in [0.25, 0.3) is 32.3 Å². The molecule has 0 amide bonds. The monoisotopic (exact) mass is 276 g/mol. The summed E-state index contributed by atoms with van der Waals surface area (Å²) in [6, 6.07) is 12.0. The summed E-state index contributed by atoms with van der Waals surface area (Å²) < 4.78 is 0. The second-order valence-corrected chi connectivity index (χ2v) is 5.71. The maximum atomic E-state index is 8.26. The molecule has 4 rings (SSSR count). The van der Waals surface area contributed by atoms with Gasteiger partial charge in [0.05, 0.1) is 10.7 Å². The highest BCUT2D eigenvalue weighted by atomic mass is 32.1. The molecule has 0 aliphatic heterocycles. The van der Waals surface area contributed by atoms with Gasteiger partial charge in [-0.15, -0.1) is 12.6 Å². The van der Waals surface area contributed by atoms with E-state index >= 15 is 0 Å². The summed E-state index contributed by atoms with van der Waals surface area (Å²) >= 11 is 4.56. The summed E-state index contributed by atoms with van der Waals surface area (Å²) in [5.41, 5.74) is 1.18. The minimum absolute atomic E-state index is 0.298. The minimum atomic E-state index is 0.298. The van der Waals surface area contributed by atoms with Crippen LogP contribution in [0.1, 0.15) is 5.56 Å². The van der Waals surface area contributed by atoms with Crippen LogP contribution >= 0.6 is 12.6 Å². The van der Waals surface area contributed by atoms with Crippen LogP contribution in [0.15, 0.2) is 41.3 Å². The Balaban J connectivity index is 2.60. The number of hydrogen-bond donors (Lipinski definition) is 3. The molecule has 0 radical (unpaired) electrons. The van der Waals surface area contributed by atoms with Gasteiger partial charge in [-0.1, -0.05) is 24.3 Å². The smallest absolute Gasteiger partial charge is 0.0874 e. The van der Waals surface area contributed by atoms with Crippen molar-refractivity contribution in [2.45, 2.75) is 11.8 Å². The highest BCUT2D eigenvalue weighted by Crippen LogP contribution is 2.35. The summed E-state index contributed by atoms with van der Waals surface area (Å²) in [6.45, 7) is 2.09. The van der Waals surface area contributed by atoms with E-state index in [1.165, 1.54) is 5.56 Å². The quantitative estimate of drug-likeness (QED) is 0.325. The Hall–Kier alpha value is -2.13. The van der Waals surface area contributed by atoms with Gasteiger partial charge in [0.25, 0.3) is 0 Å². The van der Waals surface area contributed by atoms with Gasteiger partial charge < -0.3 is 0 Å². The first-order chi connectivity index (χ1) is 9.59. The predicted molar refractivity (Wildman–Crippen MR) is 85.0 cm³/mol. The Morgan fingerprint density at radius 1 is 0.800 bits per heavy atom. The fourth-order valence-corrected chi connectivity index (χ4v) is 3.41. The van der Waals surface area contributed by atoms with Gasteiger partial charge in [0.1, 0.15) is 0 Å². The molecular weight excluding hydrogens is 264 g/mol. The molecule has 0 heterocycles. The zero-order valence-corrected chi connectivity index (χ0v) is 11.8. The highest BCUT2D eigenvalue weighted by molar-refractivity contribution is 7.80. The lowest BCUT2D eigenvalue weighted by atomic mass is 9.91. The van der Waals surface area contributed by atoms with E-state index in [0.717, 1.165) is 37.2 Å². The molecule has 0 fully saturated rings. The van der Waals surface area contributed by atoms with E-state index in [9.17, 15) is 0 Å². The van der Waals surface area contributed by atoms with Crippen molar-refractivity contribution in [1.82, 2.24) is 0 Å². The van der Waals surface area contributed by atoms with Crippen LogP contribution in [-0.4, -0.2) is 0 Å². The van der Waals surface area contributed by atoms with Gasteiger partial charge in [0.2, 0.25) is 0 Å². The van der Waals surface area contributed by atoms with E-state index in [2.05, 4.69) is 31.7 Å². The average Bonchev–Trinajstić information content (AvgIpc) is 2.45. The van der Waals surface area contributed by atoms with Crippen molar-refractivity contribution < 1.29 is 0 Å². The van der Waals surface area contributed by atoms with Crippen molar-refractivity contribution in [3.63, 3.8) is 0 Å². The number of benzene rings is 4. The van der Waals surface area contributed by atoms with Crippen molar-refractivity contribution in [3.8, 4) is 0 Å². The normalized spacial score (nSPS) is 11.9. The maximum Gasteiger partial charge on any atom is 0.0874 e. The summed E-state index contributed by atoms with van der Waals surface area (Å²) in [4.78, 5) is 0.921. The van der Waals surface area contributed by atoms with Gasteiger partial charge in [-0.3, -0.25) is 10.8 Å². The van der Waals surface area contributed by atoms with Crippen LogP contribution in [-0.2, 0) is 0 Å². The Labute approximate surface area is 120 Å². The lowest BCUT2D eigenvalue weighted by molar-refractivity contribution is 1.18.